The smallest absolute Gasteiger partial charge is 0.137 e. The van der Waals surface area contributed by atoms with Crippen molar-refractivity contribution in [2.45, 2.75) is 0 Å². The van der Waals surface area contributed by atoms with Crippen molar-refractivity contribution in [2.24, 2.45) is 0 Å². The van der Waals surface area contributed by atoms with E-state index in [0.29, 0.717) is 0 Å². The molecule has 0 atom stereocenters. The van der Waals surface area contributed by atoms with Gasteiger partial charge in [-0.3, -0.25) is 0 Å². The molecule has 17 heavy (non-hydrogen) atoms. The van der Waals surface area contributed by atoms with Gasteiger partial charge >= 0.3 is 0 Å². The maximum Gasteiger partial charge on any atom is 0.137 e. The van der Waals surface area contributed by atoms with Crippen LogP contribution in [0.4, 0.5) is 0 Å². The van der Waals surface area contributed by atoms with Gasteiger partial charge in [0.2, 0.25) is 0 Å². The zero-order chi connectivity index (χ0) is 11.9. The second-order valence-electron chi connectivity index (χ2n) is 4.14. The van der Waals surface area contributed by atoms with E-state index in [2.05, 4.69) is 0 Å². The van der Waals surface area contributed by atoms with Crippen molar-refractivity contribution in [2.75, 3.05) is 46.6 Å². The van der Waals surface area contributed by atoms with Gasteiger partial charge in [-0.1, -0.05) is 0 Å². The highest BCUT2D eigenvalue weighted by Crippen LogP contribution is 2.16. The van der Waals surface area contributed by atoms with Crippen LogP contribution < -0.4 is 14.4 Å². The maximum atomic E-state index is 5.69. The number of quaternary nitrogens is 1. The van der Waals surface area contributed by atoms with Gasteiger partial charge in [0.25, 0.3) is 0 Å². The molecule has 1 aliphatic heterocycles. The Morgan fingerprint density at radius 1 is 1.12 bits per heavy atom. The number of benzene rings is 1. The predicted octanol–water partition coefficient (Wildman–Crippen LogP) is -0.0109. The van der Waals surface area contributed by atoms with Gasteiger partial charge in [0, 0.05) is 0 Å². The number of ether oxygens (including phenoxy) is 3. The van der Waals surface area contributed by atoms with Crippen molar-refractivity contribution in [1.29, 1.82) is 0 Å². The van der Waals surface area contributed by atoms with Crippen LogP contribution in [-0.2, 0) is 4.74 Å². The van der Waals surface area contributed by atoms with Gasteiger partial charge in [0.05, 0.1) is 20.3 Å². The van der Waals surface area contributed by atoms with Gasteiger partial charge in [0.1, 0.15) is 37.7 Å². The molecule has 1 heterocycles. The third-order valence-electron chi connectivity index (χ3n) is 2.98. The number of hydrogen-bond acceptors (Lipinski definition) is 3. The average molecular weight is 238 g/mol. The van der Waals surface area contributed by atoms with Crippen molar-refractivity contribution < 1.29 is 19.1 Å². The summed E-state index contributed by atoms with van der Waals surface area (Å²) in [4.78, 5) is 1.56. The standard InChI is InChI=1S/C13H19NO3/c1-15-12-2-4-13(5-3-12)17-11-8-14-6-9-16-10-7-14/h2-5H,6-11H2,1H3/p+1. The second-order valence-corrected chi connectivity index (χ2v) is 4.14. The molecule has 4 heteroatoms. The molecule has 2 rings (SSSR count). The van der Waals surface area contributed by atoms with Gasteiger partial charge in [-0.2, -0.15) is 0 Å². The molecule has 1 aromatic rings. The zero-order valence-corrected chi connectivity index (χ0v) is 10.3. The Kier molecular flexibility index (Phi) is 4.64. The van der Waals surface area contributed by atoms with Crippen molar-refractivity contribution in [3.63, 3.8) is 0 Å². The van der Waals surface area contributed by atoms with Crippen LogP contribution in [0.1, 0.15) is 0 Å². The van der Waals surface area contributed by atoms with Gasteiger partial charge < -0.3 is 19.1 Å². The van der Waals surface area contributed by atoms with E-state index < -0.39 is 0 Å². The highest BCUT2D eigenvalue weighted by molar-refractivity contribution is 5.31. The van der Waals surface area contributed by atoms with E-state index in [0.717, 1.165) is 51.0 Å². The molecule has 0 aliphatic carbocycles. The monoisotopic (exact) mass is 238 g/mol. The van der Waals surface area contributed by atoms with Crippen LogP contribution in [0.3, 0.4) is 0 Å². The summed E-state index contributed by atoms with van der Waals surface area (Å²) < 4.78 is 16.1. The van der Waals surface area contributed by atoms with Crippen LogP contribution in [0.2, 0.25) is 0 Å². The molecule has 0 amide bonds. The highest BCUT2D eigenvalue weighted by atomic mass is 16.5. The molecule has 0 aromatic heterocycles. The van der Waals surface area contributed by atoms with Crippen LogP contribution in [0.5, 0.6) is 11.5 Å². The van der Waals surface area contributed by atoms with Crippen molar-refractivity contribution >= 4 is 0 Å². The third kappa shape index (κ3) is 3.91. The molecule has 4 nitrogen and oxygen atoms in total. The molecular formula is C13H20NO3+. The molecule has 1 saturated heterocycles. The molecule has 1 fully saturated rings. The fourth-order valence-corrected chi connectivity index (χ4v) is 1.90. The maximum absolute atomic E-state index is 5.69. The summed E-state index contributed by atoms with van der Waals surface area (Å²) in [6.07, 6.45) is 0. The zero-order valence-electron chi connectivity index (χ0n) is 10.3. The minimum Gasteiger partial charge on any atom is -0.497 e. The lowest BCUT2D eigenvalue weighted by atomic mass is 10.3. The number of morpholine rings is 1. The molecule has 0 saturated carbocycles. The molecule has 0 unspecified atom stereocenters. The highest BCUT2D eigenvalue weighted by Gasteiger charge is 2.13. The first-order valence-electron chi connectivity index (χ1n) is 6.06. The summed E-state index contributed by atoms with van der Waals surface area (Å²) in [5, 5.41) is 0. The SMILES string of the molecule is COc1ccc(OCC[NH+]2CCOCC2)cc1. The van der Waals surface area contributed by atoms with Crippen LogP contribution >= 0.6 is 0 Å². The molecule has 94 valence electrons. The lowest BCUT2D eigenvalue weighted by molar-refractivity contribution is -0.908. The Hall–Kier alpha value is -1.26. The van der Waals surface area contributed by atoms with Crippen molar-refractivity contribution in [1.82, 2.24) is 0 Å². The fourth-order valence-electron chi connectivity index (χ4n) is 1.90. The van der Waals surface area contributed by atoms with Crippen LogP contribution in [0.15, 0.2) is 24.3 Å². The largest absolute Gasteiger partial charge is 0.497 e. The number of hydrogen-bond donors (Lipinski definition) is 1. The van der Waals surface area contributed by atoms with Gasteiger partial charge in [0.15, 0.2) is 0 Å². The van der Waals surface area contributed by atoms with Gasteiger partial charge in [-0.15, -0.1) is 0 Å². The Labute approximate surface area is 102 Å². The summed E-state index contributed by atoms with van der Waals surface area (Å²) in [5.41, 5.74) is 0. The topological polar surface area (TPSA) is 32.1 Å². The quantitative estimate of drug-likeness (QED) is 0.783. The van der Waals surface area contributed by atoms with E-state index in [-0.39, 0.29) is 0 Å². The van der Waals surface area contributed by atoms with E-state index in [1.165, 1.54) is 0 Å². The molecule has 1 aliphatic rings. The number of nitrogens with one attached hydrogen (secondary N) is 1. The Balaban J connectivity index is 1.69. The Morgan fingerprint density at radius 2 is 1.76 bits per heavy atom. The summed E-state index contributed by atoms with van der Waals surface area (Å²) in [6, 6.07) is 7.70. The third-order valence-corrected chi connectivity index (χ3v) is 2.98. The van der Waals surface area contributed by atoms with Crippen molar-refractivity contribution in [3.05, 3.63) is 24.3 Å². The van der Waals surface area contributed by atoms with E-state index >= 15 is 0 Å². The summed E-state index contributed by atoms with van der Waals surface area (Å²) in [6.45, 7) is 5.71. The summed E-state index contributed by atoms with van der Waals surface area (Å²) in [7, 11) is 1.66. The Morgan fingerprint density at radius 3 is 2.41 bits per heavy atom. The minimum atomic E-state index is 0.752. The first kappa shape index (κ1) is 12.2. The predicted molar refractivity (Wildman–Crippen MR) is 64.9 cm³/mol. The first-order chi connectivity index (χ1) is 8.38. The minimum absolute atomic E-state index is 0.752. The number of rotatable bonds is 5. The van der Waals surface area contributed by atoms with Gasteiger partial charge in [-0.25, -0.2) is 0 Å². The summed E-state index contributed by atoms with van der Waals surface area (Å²) >= 11 is 0. The molecule has 0 radical (unpaired) electrons. The van der Waals surface area contributed by atoms with E-state index in [1.54, 1.807) is 12.0 Å². The molecule has 1 N–H and O–H groups in total. The molecule has 1 aromatic carbocycles. The first-order valence-corrected chi connectivity index (χ1v) is 6.06. The van der Waals surface area contributed by atoms with Gasteiger partial charge in [-0.05, 0) is 24.3 Å². The van der Waals surface area contributed by atoms with Crippen LogP contribution in [0, 0.1) is 0 Å². The Bertz CT molecular complexity index is 320. The van der Waals surface area contributed by atoms with E-state index in [1.807, 2.05) is 24.3 Å². The molecule has 0 bridgehead atoms. The second kappa shape index (κ2) is 6.47. The van der Waals surface area contributed by atoms with E-state index in [9.17, 15) is 0 Å². The lowest BCUT2D eigenvalue weighted by Crippen LogP contribution is -3.14. The lowest BCUT2D eigenvalue weighted by Gasteiger charge is -2.23. The average Bonchev–Trinajstić information content (AvgIpc) is 2.41. The number of methoxy groups -OCH3 is 1. The molecule has 0 spiro atoms. The normalized spacial score (nSPS) is 16.8. The van der Waals surface area contributed by atoms with E-state index in [4.69, 9.17) is 14.2 Å². The van der Waals surface area contributed by atoms with Crippen LogP contribution in [-0.4, -0.2) is 46.6 Å². The fraction of sp³-hybridized carbons (Fsp3) is 0.538. The van der Waals surface area contributed by atoms with Crippen molar-refractivity contribution in [3.8, 4) is 11.5 Å². The molecular weight excluding hydrogens is 218 g/mol. The van der Waals surface area contributed by atoms with Crippen LogP contribution in [0.25, 0.3) is 0 Å². The summed E-state index contributed by atoms with van der Waals surface area (Å²) in [5.74, 6) is 1.76.